The van der Waals surface area contributed by atoms with Crippen molar-refractivity contribution in [1.29, 1.82) is 0 Å². The molecule has 0 atom stereocenters. The molecule has 7 heteroatoms. The molecular formula is C26H29N3O3S. The molecule has 0 radical (unpaired) electrons. The van der Waals surface area contributed by atoms with E-state index < -0.39 is 0 Å². The second-order valence-corrected chi connectivity index (χ2v) is 10.4. The van der Waals surface area contributed by atoms with Gasteiger partial charge in [0.25, 0.3) is 0 Å². The van der Waals surface area contributed by atoms with E-state index in [-0.39, 0.29) is 17.6 Å². The van der Waals surface area contributed by atoms with Crippen LogP contribution in [0.15, 0.2) is 30.3 Å². The third kappa shape index (κ3) is 5.58. The van der Waals surface area contributed by atoms with Crippen LogP contribution in [0.2, 0.25) is 0 Å². The van der Waals surface area contributed by atoms with Gasteiger partial charge in [0.15, 0.2) is 0 Å². The Morgan fingerprint density at radius 2 is 1.88 bits per heavy atom. The number of nitrogens with one attached hydrogen (secondary N) is 1. The van der Waals surface area contributed by atoms with Gasteiger partial charge >= 0.3 is 0 Å². The Morgan fingerprint density at radius 3 is 2.67 bits per heavy atom. The topological polar surface area (TPSA) is 81.2 Å². The fourth-order valence-corrected chi connectivity index (χ4v) is 5.38. The number of ether oxygens (including phenoxy) is 1. The second-order valence-electron chi connectivity index (χ2n) is 9.34. The molecule has 2 heterocycles. The largest absolute Gasteiger partial charge is 0.439 e. The van der Waals surface area contributed by atoms with E-state index in [1.54, 1.807) is 6.07 Å². The summed E-state index contributed by atoms with van der Waals surface area (Å²) in [7, 11) is 0. The molecule has 0 saturated heterocycles. The average Bonchev–Trinajstić information content (AvgIpc) is 3.57. The Kier molecular flexibility index (Phi) is 6.40. The summed E-state index contributed by atoms with van der Waals surface area (Å²) in [5.74, 6) is 2.21. The van der Waals surface area contributed by atoms with E-state index in [4.69, 9.17) is 4.74 Å². The summed E-state index contributed by atoms with van der Waals surface area (Å²) in [6.07, 6.45) is 9.06. The number of hydrogen-bond acceptors (Lipinski definition) is 6. The first-order chi connectivity index (χ1) is 16.0. The molecule has 0 bridgehead atoms. The summed E-state index contributed by atoms with van der Waals surface area (Å²) in [6.45, 7) is 1.97. The number of fused-ring (bicyclic) bond motifs is 1. The minimum atomic E-state index is 0.0641. The van der Waals surface area contributed by atoms with E-state index in [1.165, 1.54) is 30.6 Å². The molecule has 0 aliphatic heterocycles. The van der Waals surface area contributed by atoms with E-state index in [2.05, 4.69) is 15.3 Å². The number of aryl methyl sites for hydroxylation is 1. The lowest BCUT2D eigenvalue weighted by atomic mass is 9.87. The van der Waals surface area contributed by atoms with Crippen LogP contribution in [-0.2, 0) is 16.0 Å². The lowest BCUT2D eigenvalue weighted by molar-refractivity contribution is -0.119. The monoisotopic (exact) mass is 463 g/mol. The Morgan fingerprint density at radius 1 is 1.06 bits per heavy atom. The predicted molar refractivity (Wildman–Crippen MR) is 130 cm³/mol. The van der Waals surface area contributed by atoms with Crippen LogP contribution in [-0.4, -0.2) is 21.7 Å². The number of aromatic nitrogens is 2. The van der Waals surface area contributed by atoms with Gasteiger partial charge in [-0.25, -0.2) is 9.97 Å². The van der Waals surface area contributed by atoms with E-state index in [0.29, 0.717) is 30.4 Å². The molecule has 172 valence electrons. The highest BCUT2D eigenvalue weighted by atomic mass is 32.1. The molecule has 2 saturated carbocycles. The van der Waals surface area contributed by atoms with Gasteiger partial charge < -0.3 is 10.1 Å². The Labute approximate surface area is 197 Å². The van der Waals surface area contributed by atoms with Crippen molar-refractivity contribution in [2.75, 3.05) is 5.32 Å². The summed E-state index contributed by atoms with van der Waals surface area (Å²) in [4.78, 5) is 34.5. The molecule has 0 unspecified atom stereocenters. The first-order valence-corrected chi connectivity index (χ1v) is 12.7. The third-order valence-corrected chi connectivity index (χ3v) is 7.48. The quantitative estimate of drug-likeness (QED) is 0.429. The van der Waals surface area contributed by atoms with Gasteiger partial charge in [0.2, 0.25) is 11.8 Å². The van der Waals surface area contributed by atoms with Crippen molar-refractivity contribution < 1.29 is 14.3 Å². The molecule has 1 amide bonds. The lowest BCUT2D eigenvalue weighted by Gasteiger charge is -2.21. The molecule has 33 heavy (non-hydrogen) atoms. The van der Waals surface area contributed by atoms with E-state index in [1.807, 2.05) is 31.2 Å². The molecule has 2 aromatic heterocycles. The number of anilines is 1. The zero-order valence-electron chi connectivity index (χ0n) is 18.9. The van der Waals surface area contributed by atoms with E-state index in [9.17, 15) is 9.59 Å². The van der Waals surface area contributed by atoms with Crippen LogP contribution < -0.4 is 10.1 Å². The van der Waals surface area contributed by atoms with Gasteiger partial charge in [-0.05, 0) is 56.2 Å². The molecule has 3 aromatic rings. The Balaban J connectivity index is 1.26. The van der Waals surface area contributed by atoms with Crippen molar-refractivity contribution >= 4 is 39.1 Å². The molecule has 2 fully saturated rings. The normalized spacial score (nSPS) is 16.6. The van der Waals surface area contributed by atoms with Crippen LogP contribution >= 0.6 is 11.3 Å². The van der Waals surface area contributed by atoms with Crippen molar-refractivity contribution in [1.82, 2.24) is 9.97 Å². The minimum absolute atomic E-state index is 0.0641. The number of benzene rings is 1. The lowest BCUT2D eigenvalue weighted by Crippen LogP contribution is -2.18. The van der Waals surface area contributed by atoms with Gasteiger partial charge in [-0.3, -0.25) is 9.59 Å². The van der Waals surface area contributed by atoms with Crippen LogP contribution in [0.5, 0.6) is 11.6 Å². The number of ketones is 1. The number of amides is 1. The first kappa shape index (κ1) is 22.0. The molecule has 6 nitrogen and oxygen atoms in total. The van der Waals surface area contributed by atoms with Crippen LogP contribution in [0.1, 0.15) is 61.9 Å². The highest BCUT2D eigenvalue weighted by Crippen LogP contribution is 2.33. The maximum absolute atomic E-state index is 12.5. The maximum atomic E-state index is 12.5. The SMILES string of the molecule is Cc1ccc(NC(=O)CC2CCCCC2)cc1Oc1ccc2nc(CC(=O)C3CC3)sc2n1. The van der Waals surface area contributed by atoms with Crippen molar-refractivity contribution in [3.05, 3.63) is 40.9 Å². The second kappa shape index (κ2) is 9.59. The fraction of sp³-hybridized carbons (Fsp3) is 0.462. The van der Waals surface area contributed by atoms with Gasteiger partial charge in [0.1, 0.15) is 26.9 Å². The molecule has 0 spiro atoms. The number of thiazole rings is 1. The van der Waals surface area contributed by atoms with Crippen molar-refractivity contribution in [2.24, 2.45) is 11.8 Å². The number of Topliss-reactive ketones (excluding diaryl/α,β-unsaturated/α-hetero) is 1. The third-order valence-electron chi connectivity index (χ3n) is 6.52. The van der Waals surface area contributed by atoms with Crippen LogP contribution in [0.4, 0.5) is 5.69 Å². The summed E-state index contributed by atoms with van der Waals surface area (Å²) < 4.78 is 6.08. The molecule has 1 aromatic carbocycles. The summed E-state index contributed by atoms with van der Waals surface area (Å²) >= 11 is 1.45. The number of rotatable bonds is 8. The zero-order valence-corrected chi connectivity index (χ0v) is 19.7. The van der Waals surface area contributed by atoms with Crippen LogP contribution in [0.25, 0.3) is 10.3 Å². The molecular weight excluding hydrogens is 434 g/mol. The fourth-order valence-electron chi connectivity index (χ4n) is 4.44. The number of carbonyl (C=O) groups is 2. The number of pyridine rings is 1. The number of hydrogen-bond donors (Lipinski definition) is 1. The predicted octanol–water partition coefficient (Wildman–Crippen LogP) is 6.22. The Hall–Kier alpha value is -2.80. The van der Waals surface area contributed by atoms with Crippen LogP contribution in [0.3, 0.4) is 0 Å². The van der Waals surface area contributed by atoms with Crippen molar-refractivity contribution in [2.45, 2.75) is 64.7 Å². The Bertz CT molecular complexity index is 1180. The molecule has 2 aliphatic carbocycles. The van der Waals surface area contributed by atoms with Gasteiger partial charge in [0, 0.05) is 30.2 Å². The molecule has 1 N–H and O–H groups in total. The summed E-state index contributed by atoms with van der Waals surface area (Å²) in [5, 5.41) is 3.84. The summed E-state index contributed by atoms with van der Waals surface area (Å²) in [5.41, 5.74) is 2.48. The van der Waals surface area contributed by atoms with Gasteiger partial charge in [0.05, 0.1) is 6.42 Å². The van der Waals surface area contributed by atoms with E-state index in [0.717, 1.165) is 52.3 Å². The molecule has 2 aliphatic rings. The highest BCUT2D eigenvalue weighted by Gasteiger charge is 2.30. The van der Waals surface area contributed by atoms with E-state index >= 15 is 0 Å². The number of carbonyl (C=O) groups excluding carboxylic acids is 2. The van der Waals surface area contributed by atoms with Crippen molar-refractivity contribution in [3.8, 4) is 11.6 Å². The summed E-state index contributed by atoms with van der Waals surface area (Å²) in [6, 6.07) is 9.38. The zero-order chi connectivity index (χ0) is 22.8. The number of nitrogens with zero attached hydrogens (tertiary/aromatic N) is 2. The standard InChI is InChI=1S/C26H29N3O3S/c1-16-7-10-19(27-23(31)13-17-5-3-2-4-6-17)14-22(16)32-24-12-11-20-26(29-24)33-25(28-20)15-21(30)18-8-9-18/h7,10-12,14,17-18H,2-6,8-9,13,15H2,1H3,(H,27,31). The van der Waals surface area contributed by atoms with Gasteiger partial charge in [-0.1, -0.05) is 36.7 Å². The molecule has 5 rings (SSSR count). The van der Waals surface area contributed by atoms with Gasteiger partial charge in [-0.15, -0.1) is 0 Å². The average molecular weight is 464 g/mol. The minimum Gasteiger partial charge on any atom is -0.439 e. The smallest absolute Gasteiger partial charge is 0.224 e. The van der Waals surface area contributed by atoms with Gasteiger partial charge in [-0.2, -0.15) is 0 Å². The maximum Gasteiger partial charge on any atom is 0.224 e. The van der Waals surface area contributed by atoms with Crippen molar-refractivity contribution in [3.63, 3.8) is 0 Å². The van der Waals surface area contributed by atoms with Crippen LogP contribution in [0, 0.1) is 18.8 Å². The highest BCUT2D eigenvalue weighted by molar-refractivity contribution is 7.18. The first-order valence-electron chi connectivity index (χ1n) is 11.9.